The fraction of sp³-hybridized carbons (Fsp3) is 0.450. The molecule has 28 heavy (non-hydrogen) atoms. The van der Waals surface area contributed by atoms with Crippen molar-refractivity contribution in [3.05, 3.63) is 41.5 Å². The smallest absolute Gasteiger partial charge is 0.320 e. The van der Waals surface area contributed by atoms with Crippen LogP contribution in [0, 0.1) is 6.92 Å². The van der Waals surface area contributed by atoms with E-state index < -0.39 is 5.60 Å². The SMILES string of the molecule is Cc1cccc(C=NNc2cc(N3CCOCC3)nc(OCC(C)(C)O)n2)c1. The molecule has 0 bridgehead atoms. The first-order valence-electron chi connectivity index (χ1n) is 9.32. The zero-order valence-electron chi connectivity index (χ0n) is 16.6. The van der Waals surface area contributed by atoms with Crippen molar-refractivity contribution in [2.45, 2.75) is 26.4 Å². The van der Waals surface area contributed by atoms with Crippen LogP contribution in [0.1, 0.15) is 25.0 Å². The summed E-state index contributed by atoms with van der Waals surface area (Å²) < 4.78 is 11.0. The van der Waals surface area contributed by atoms with Crippen molar-refractivity contribution in [1.82, 2.24) is 9.97 Å². The van der Waals surface area contributed by atoms with E-state index in [9.17, 15) is 5.11 Å². The highest BCUT2D eigenvalue weighted by atomic mass is 16.5. The second-order valence-electron chi connectivity index (χ2n) is 7.38. The number of morpholine rings is 1. The first-order chi connectivity index (χ1) is 13.4. The molecule has 0 radical (unpaired) electrons. The third-order valence-corrected chi connectivity index (χ3v) is 4.02. The van der Waals surface area contributed by atoms with Crippen LogP contribution < -0.4 is 15.1 Å². The standard InChI is InChI=1S/C20H27N5O3/c1-15-5-4-6-16(11-15)13-21-24-17-12-18(25-7-9-27-10-8-25)23-19(22-17)28-14-20(2,3)26/h4-6,11-13,26H,7-10,14H2,1-3H3,(H,22,23,24). The van der Waals surface area contributed by atoms with E-state index in [-0.39, 0.29) is 12.6 Å². The minimum atomic E-state index is -0.977. The highest BCUT2D eigenvalue weighted by Gasteiger charge is 2.18. The van der Waals surface area contributed by atoms with Crippen LogP contribution in [-0.2, 0) is 4.74 Å². The predicted molar refractivity (Wildman–Crippen MR) is 109 cm³/mol. The van der Waals surface area contributed by atoms with E-state index in [2.05, 4.69) is 25.4 Å². The van der Waals surface area contributed by atoms with Crippen molar-refractivity contribution in [2.75, 3.05) is 43.2 Å². The maximum absolute atomic E-state index is 9.91. The maximum atomic E-state index is 9.91. The average molecular weight is 385 g/mol. The summed E-state index contributed by atoms with van der Waals surface area (Å²) in [5, 5.41) is 14.2. The summed E-state index contributed by atoms with van der Waals surface area (Å²) in [7, 11) is 0. The molecule has 2 heterocycles. The van der Waals surface area contributed by atoms with Crippen LogP contribution in [0.5, 0.6) is 6.01 Å². The molecule has 0 amide bonds. The Morgan fingerprint density at radius 2 is 2.07 bits per heavy atom. The number of aryl methyl sites for hydroxylation is 1. The van der Waals surface area contributed by atoms with Gasteiger partial charge in [-0.3, -0.25) is 5.43 Å². The minimum Gasteiger partial charge on any atom is -0.460 e. The number of hydrogen-bond donors (Lipinski definition) is 2. The fourth-order valence-electron chi connectivity index (χ4n) is 2.65. The van der Waals surface area contributed by atoms with Crippen molar-refractivity contribution >= 4 is 17.9 Å². The summed E-state index contributed by atoms with van der Waals surface area (Å²) in [5.41, 5.74) is 4.13. The zero-order valence-corrected chi connectivity index (χ0v) is 16.6. The Kier molecular flexibility index (Phi) is 6.43. The van der Waals surface area contributed by atoms with Gasteiger partial charge in [0.15, 0.2) is 5.82 Å². The van der Waals surface area contributed by atoms with Crippen LogP contribution in [0.2, 0.25) is 0 Å². The Bertz CT molecular complexity index is 814. The highest BCUT2D eigenvalue weighted by Crippen LogP contribution is 2.21. The lowest BCUT2D eigenvalue weighted by Crippen LogP contribution is -2.37. The molecule has 2 aromatic rings. The lowest BCUT2D eigenvalue weighted by molar-refractivity contribution is 0.0250. The number of ether oxygens (including phenoxy) is 2. The summed E-state index contributed by atoms with van der Waals surface area (Å²) in [6, 6.07) is 10.1. The second-order valence-corrected chi connectivity index (χ2v) is 7.38. The van der Waals surface area contributed by atoms with Gasteiger partial charge in [0.1, 0.15) is 12.4 Å². The first kappa shape index (κ1) is 20.0. The Morgan fingerprint density at radius 1 is 1.29 bits per heavy atom. The van der Waals surface area contributed by atoms with E-state index >= 15 is 0 Å². The molecular formula is C20H27N5O3. The third-order valence-electron chi connectivity index (χ3n) is 4.02. The normalized spacial score (nSPS) is 15.1. The van der Waals surface area contributed by atoms with Gasteiger partial charge in [0.05, 0.1) is 25.0 Å². The van der Waals surface area contributed by atoms with E-state index in [0.29, 0.717) is 19.0 Å². The van der Waals surface area contributed by atoms with Gasteiger partial charge in [0, 0.05) is 19.2 Å². The molecule has 0 aliphatic carbocycles. The summed E-state index contributed by atoms with van der Waals surface area (Å²) in [6.07, 6.45) is 1.74. The maximum Gasteiger partial charge on any atom is 0.320 e. The molecule has 1 saturated heterocycles. The predicted octanol–water partition coefficient (Wildman–Crippen LogP) is 2.22. The molecule has 8 heteroatoms. The van der Waals surface area contributed by atoms with Crippen molar-refractivity contribution in [1.29, 1.82) is 0 Å². The minimum absolute atomic E-state index is 0.0889. The summed E-state index contributed by atoms with van der Waals surface area (Å²) >= 11 is 0. The van der Waals surface area contributed by atoms with Gasteiger partial charge >= 0.3 is 6.01 Å². The molecule has 1 aliphatic rings. The average Bonchev–Trinajstić information content (AvgIpc) is 2.67. The van der Waals surface area contributed by atoms with E-state index in [1.165, 1.54) is 5.56 Å². The zero-order chi connectivity index (χ0) is 20.0. The highest BCUT2D eigenvalue weighted by molar-refractivity contribution is 5.80. The van der Waals surface area contributed by atoms with Crippen LogP contribution in [0.4, 0.5) is 11.6 Å². The lowest BCUT2D eigenvalue weighted by atomic mass is 10.2. The Morgan fingerprint density at radius 3 is 2.79 bits per heavy atom. The molecular weight excluding hydrogens is 358 g/mol. The summed E-state index contributed by atoms with van der Waals surface area (Å²) in [6.45, 7) is 8.26. The van der Waals surface area contributed by atoms with Gasteiger partial charge in [-0.2, -0.15) is 15.1 Å². The number of rotatable bonds is 7. The number of hydrazone groups is 1. The van der Waals surface area contributed by atoms with Crippen molar-refractivity contribution in [3.8, 4) is 6.01 Å². The molecule has 1 aromatic heterocycles. The number of anilines is 2. The molecule has 0 saturated carbocycles. The Hall–Kier alpha value is -2.71. The van der Waals surface area contributed by atoms with E-state index in [0.717, 1.165) is 24.5 Å². The second kappa shape index (κ2) is 8.99. The van der Waals surface area contributed by atoms with Gasteiger partial charge in [-0.15, -0.1) is 0 Å². The van der Waals surface area contributed by atoms with Gasteiger partial charge < -0.3 is 19.5 Å². The molecule has 3 rings (SSSR count). The summed E-state index contributed by atoms with van der Waals surface area (Å²) in [5.74, 6) is 1.25. The monoisotopic (exact) mass is 385 g/mol. The topological polar surface area (TPSA) is 92.1 Å². The molecule has 150 valence electrons. The number of benzene rings is 1. The van der Waals surface area contributed by atoms with Crippen LogP contribution in [-0.4, -0.2) is 59.8 Å². The fourth-order valence-corrected chi connectivity index (χ4v) is 2.65. The third kappa shape index (κ3) is 6.17. The van der Waals surface area contributed by atoms with Crippen molar-refractivity contribution in [2.24, 2.45) is 5.10 Å². The quantitative estimate of drug-likeness (QED) is 0.558. The number of aliphatic hydroxyl groups is 1. The Balaban J connectivity index is 1.77. The van der Waals surface area contributed by atoms with Crippen molar-refractivity contribution < 1.29 is 14.6 Å². The number of nitrogens with zero attached hydrogens (tertiary/aromatic N) is 4. The molecule has 0 atom stereocenters. The van der Waals surface area contributed by atoms with Gasteiger partial charge in [-0.1, -0.05) is 29.8 Å². The molecule has 1 aliphatic heterocycles. The number of nitrogens with one attached hydrogen (secondary N) is 1. The van der Waals surface area contributed by atoms with Gasteiger partial charge in [0.2, 0.25) is 0 Å². The number of hydrogen-bond acceptors (Lipinski definition) is 8. The largest absolute Gasteiger partial charge is 0.460 e. The molecule has 1 aromatic carbocycles. The van der Waals surface area contributed by atoms with E-state index in [1.807, 2.05) is 37.3 Å². The van der Waals surface area contributed by atoms with E-state index in [4.69, 9.17) is 9.47 Å². The molecule has 1 fully saturated rings. The van der Waals surface area contributed by atoms with Gasteiger partial charge in [-0.25, -0.2) is 0 Å². The Labute approximate surface area is 165 Å². The van der Waals surface area contributed by atoms with Gasteiger partial charge in [0.25, 0.3) is 0 Å². The van der Waals surface area contributed by atoms with Gasteiger partial charge in [-0.05, 0) is 26.3 Å². The summed E-state index contributed by atoms with van der Waals surface area (Å²) in [4.78, 5) is 10.9. The molecule has 2 N–H and O–H groups in total. The molecule has 0 spiro atoms. The molecule has 0 unspecified atom stereocenters. The number of aromatic nitrogens is 2. The van der Waals surface area contributed by atoms with E-state index in [1.54, 1.807) is 20.1 Å². The molecule has 8 nitrogen and oxygen atoms in total. The van der Waals surface area contributed by atoms with Crippen LogP contribution >= 0.6 is 0 Å². The van der Waals surface area contributed by atoms with Crippen LogP contribution in [0.25, 0.3) is 0 Å². The van der Waals surface area contributed by atoms with Crippen LogP contribution in [0.15, 0.2) is 35.4 Å². The lowest BCUT2D eigenvalue weighted by Gasteiger charge is -2.28. The van der Waals surface area contributed by atoms with Crippen LogP contribution in [0.3, 0.4) is 0 Å². The van der Waals surface area contributed by atoms with Crippen molar-refractivity contribution in [3.63, 3.8) is 0 Å². The first-order valence-corrected chi connectivity index (χ1v) is 9.32.